The molecule has 0 aliphatic carbocycles. The van der Waals surface area contributed by atoms with E-state index in [9.17, 15) is 15.2 Å². The highest BCUT2D eigenvalue weighted by Gasteiger charge is 2.07. The lowest BCUT2D eigenvalue weighted by molar-refractivity contribution is -0.384. The third kappa shape index (κ3) is 2.30. The third-order valence-electron chi connectivity index (χ3n) is 1.66. The van der Waals surface area contributed by atoms with Crippen molar-refractivity contribution >= 4 is 11.8 Å². The molecule has 0 aliphatic heterocycles. The van der Waals surface area contributed by atoms with Crippen molar-refractivity contribution in [3.05, 3.63) is 40.0 Å². The molecule has 1 rings (SSSR count). The SMILES string of the molecule is NCC=Cc1cc([N+](=O)[O-])ccc1O. The second-order valence-corrected chi connectivity index (χ2v) is 2.64. The molecule has 0 radical (unpaired) electrons. The maximum atomic E-state index is 10.4. The van der Waals surface area contributed by atoms with Gasteiger partial charge in [-0.1, -0.05) is 12.2 Å². The zero-order valence-corrected chi connectivity index (χ0v) is 7.38. The normalized spacial score (nSPS) is 10.6. The summed E-state index contributed by atoms with van der Waals surface area (Å²) in [6.07, 6.45) is 3.15. The Labute approximate surface area is 80.6 Å². The van der Waals surface area contributed by atoms with Gasteiger partial charge in [0.15, 0.2) is 0 Å². The summed E-state index contributed by atoms with van der Waals surface area (Å²) in [7, 11) is 0. The first-order valence-electron chi connectivity index (χ1n) is 3.99. The van der Waals surface area contributed by atoms with Crippen molar-refractivity contribution in [3.63, 3.8) is 0 Å². The summed E-state index contributed by atoms with van der Waals surface area (Å²) in [4.78, 5) is 9.90. The van der Waals surface area contributed by atoms with E-state index in [0.717, 1.165) is 0 Å². The molecule has 0 aromatic heterocycles. The standard InChI is InChI=1S/C9H10N2O3/c10-5-1-2-7-6-8(11(13)14)3-4-9(7)12/h1-4,6,12H,5,10H2. The van der Waals surface area contributed by atoms with Crippen LogP contribution >= 0.6 is 0 Å². The van der Waals surface area contributed by atoms with E-state index in [0.29, 0.717) is 12.1 Å². The lowest BCUT2D eigenvalue weighted by Gasteiger charge is -1.98. The minimum atomic E-state index is -0.515. The number of nitrogens with two attached hydrogens (primary N) is 1. The number of aromatic hydroxyl groups is 1. The first kappa shape index (κ1) is 10.2. The number of nitro groups is 1. The van der Waals surface area contributed by atoms with Crippen LogP contribution in [0.25, 0.3) is 6.08 Å². The number of phenolic OH excluding ortho intramolecular Hbond substituents is 1. The van der Waals surface area contributed by atoms with Crippen LogP contribution in [0.4, 0.5) is 5.69 Å². The van der Waals surface area contributed by atoms with Crippen molar-refractivity contribution in [2.75, 3.05) is 6.54 Å². The molecule has 0 saturated heterocycles. The molecule has 1 aromatic carbocycles. The van der Waals surface area contributed by atoms with Gasteiger partial charge in [0.1, 0.15) is 5.75 Å². The monoisotopic (exact) mass is 194 g/mol. The summed E-state index contributed by atoms with van der Waals surface area (Å²) in [6, 6.07) is 3.82. The van der Waals surface area contributed by atoms with Gasteiger partial charge < -0.3 is 10.8 Å². The number of phenols is 1. The Kier molecular flexibility index (Phi) is 3.19. The molecule has 0 saturated carbocycles. The number of nitrogens with zero attached hydrogens (tertiary/aromatic N) is 1. The van der Waals surface area contributed by atoms with E-state index in [1.807, 2.05) is 0 Å². The van der Waals surface area contributed by atoms with Gasteiger partial charge in [0.2, 0.25) is 0 Å². The van der Waals surface area contributed by atoms with Crippen LogP contribution in [0.3, 0.4) is 0 Å². The lowest BCUT2D eigenvalue weighted by Crippen LogP contribution is -1.92. The predicted molar refractivity (Wildman–Crippen MR) is 52.8 cm³/mol. The van der Waals surface area contributed by atoms with Crippen LogP contribution in [-0.4, -0.2) is 16.6 Å². The molecule has 0 spiro atoms. The minimum absolute atomic E-state index is 0.000278. The van der Waals surface area contributed by atoms with Crippen LogP contribution < -0.4 is 5.73 Å². The second-order valence-electron chi connectivity index (χ2n) is 2.64. The maximum absolute atomic E-state index is 10.4. The van der Waals surface area contributed by atoms with Crippen molar-refractivity contribution in [2.24, 2.45) is 5.73 Å². The maximum Gasteiger partial charge on any atom is 0.270 e. The summed E-state index contributed by atoms with van der Waals surface area (Å²) in [6.45, 7) is 0.322. The van der Waals surface area contributed by atoms with Gasteiger partial charge in [-0.2, -0.15) is 0 Å². The molecule has 1 aromatic rings. The summed E-state index contributed by atoms with van der Waals surface area (Å²) in [5.74, 6) is 0.000278. The molecule has 74 valence electrons. The van der Waals surface area contributed by atoms with Crippen LogP contribution in [0.5, 0.6) is 5.75 Å². The Morgan fingerprint density at radius 2 is 2.29 bits per heavy atom. The topological polar surface area (TPSA) is 89.4 Å². The van der Waals surface area contributed by atoms with Crippen molar-refractivity contribution < 1.29 is 10.0 Å². The van der Waals surface area contributed by atoms with Gasteiger partial charge in [-0.3, -0.25) is 10.1 Å². The van der Waals surface area contributed by atoms with Gasteiger partial charge in [-0.15, -0.1) is 0 Å². The summed E-state index contributed by atoms with van der Waals surface area (Å²) in [5.41, 5.74) is 5.56. The number of nitro benzene ring substituents is 1. The Hall–Kier alpha value is -1.88. The van der Waals surface area contributed by atoms with Gasteiger partial charge in [0.05, 0.1) is 4.92 Å². The molecule has 14 heavy (non-hydrogen) atoms. The first-order valence-corrected chi connectivity index (χ1v) is 3.99. The molecule has 3 N–H and O–H groups in total. The highest BCUT2D eigenvalue weighted by Crippen LogP contribution is 2.23. The van der Waals surface area contributed by atoms with Crippen molar-refractivity contribution in [3.8, 4) is 5.75 Å². The number of hydrogen-bond donors (Lipinski definition) is 2. The van der Waals surface area contributed by atoms with E-state index >= 15 is 0 Å². The summed E-state index contributed by atoms with van der Waals surface area (Å²) >= 11 is 0. The van der Waals surface area contributed by atoms with E-state index < -0.39 is 4.92 Å². The van der Waals surface area contributed by atoms with Gasteiger partial charge in [-0.05, 0) is 6.07 Å². The lowest BCUT2D eigenvalue weighted by atomic mass is 10.1. The second kappa shape index (κ2) is 4.38. The summed E-state index contributed by atoms with van der Waals surface area (Å²) in [5, 5.41) is 19.7. The number of benzene rings is 1. The van der Waals surface area contributed by atoms with E-state index in [4.69, 9.17) is 5.73 Å². The Morgan fingerprint density at radius 3 is 2.86 bits per heavy atom. The van der Waals surface area contributed by atoms with E-state index in [-0.39, 0.29) is 11.4 Å². The zero-order valence-electron chi connectivity index (χ0n) is 7.38. The van der Waals surface area contributed by atoms with Crippen LogP contribution in [0.1, 0.15) is 5.56 Å². The molecule has 5 heteroatoms. The molecule has 0 atom stereocenters. The average molecular weight is 194 g/mol. The summed E-state index contributed by atoms with van der Waals surface area (Å²) < 4.78 is 0. The van der Waals surface area contributed by atoms with E-state index in [1.165, 1.54) is 18.2 Å². The largest absolute Gasteiger partial charge is 0.507 e. The van der Waals surface area contributed by atoms with Crippen molar-refractivity contribution in [1.29, 1.82) is 0 Å². The van der Waals surface area contributed by atoms with E-state index in [2.05, 4.69) is 0 Å². The molecule has 0 unspecified atom stereocenters. The molecular formula is C9H10N2O3. The fourth-order valence-corrected chi connectivity index (χ4v) is 0.984. The van der Waals surface area contributed by atoms with Gasteiger partial charge >= 0.3 is 0 Å². The minimum Gasteiger partial charge on any atom is -0.507 e. The van der Waals surface area contributed by atoms with Gasteiger partial charge in [-0.25, -0.2) is 0 Å². The Bertz CT molecular complexity index is 374. The highest BCUT2D eigenvalue weighted by atomic mass is 16.6. The number of hydrogen-bond acceptors (Lipinski definition) is 4. The Balaban J connectivity index is 3.08. The number of rotatable bonds is 3. The van der Waals surface area contributed by atoms with Gasteiger partial charge in [0, 0.05) is 24.2 Å². The Morgan fingerprint density at radius 1 is 1.57 bits per heavy atom. The average Bonchev–Trinajstić information content (AvgIpc) is 2.16. The molecule has 5 nitrogen and oxygen atoms in total. The smallest absolute Gasteiger partial charge is 0.270 e. The molecule has 0 fully saturated rings. The molecular weight excluding hydrogens is 184 g/mol. The van der Waals surface area contributed by atoms with Crippen LogP contribution in [0.15, 0.2) is 24.3 Å². The molecule has 0 bridgehead atoms. The molecule has 0 aliphatic rings. The third-order valence-corrected chi connectivity index (χ3v) is 1.66. The fraction of sp³-hybridized carbons (Fsp3) is 0.111. The fourth-order valence-electron chi connectivity index (χ4n) is 0.984. The van der Waals surface area contributed by atoms with Crippen LogP contribution in [0, 0.1) is 10.1 Å². The van der Waals surface area contributed by atoms with Gasteiger partial charge in [0.25, 0.3) is 5.69 Å². The molecule has 0 heterocycles. The van der Waals surface area contributed by atoms with Crippen LogP contribution in [0.2, 0.25) is 0 Å². The predicted octanol–water partition coefficient (Wildman–Crippen LogP) is 1.27. The highest BCUT2D eigenvalue weighted by molar-refractivity contribution is 5.60. The zero-order chi connectivity index (χ0) is 10.6. The van der Waals surface area contributed by atoms with Crippen molar-refractivity contribution in [1.82, 2.24) is 0 Å². The first-order chi connectivity index (χ1) is 6.65. The van der Waals surface area contributed by atoms with Crippen molar-refractivity contribution in [2.45, 2.75) is 0 Å². The number of non-ortho nitro benzene ring substituents is 1. The van der Waals surface area contributed by atoms with Crippen LogP contribution in [-0.2, 0) is 0 Å². The molecule has 0 amide bonds. The van der Waals surface area contributed by atoms with E-state index in [1.54, 1.807) is 12.2 Å². The quantitative estimate of drug-likeness (QED) is 0.560.